The number of fused-ring (bicyclic) bond motifs is 1. The molecule has 0 unspecified atom stereocenters. The van der Waals surface area contributed by atoms with Crippen LogP contribution < -0.4 is 10.2 Å². The highest BCUT2D eigenvalue weighted by molar-refractivity contribution is 5.82. The molecule has 4 heteroatoms. The maximum Gasteiger partial charge on any atom is 0.235 e. The number of para-hydroxylation sites is 1. The summed E-state index contributed by atoms with van der Waals surface area (Å²) in [6.07, 6.45) is 0.799. The first kappa shape index (κ1) is 12.9. The Labute approximate surface area is 119 Å². The van der Waals surface area contributed by atoms with Gasteiger partial charge in [0.15, 0.2) is 18.0 Å². The fourth-order valence-electron chi connectivity index (χ4n) is 2.09. The molecule has 0 bridgehead atoms. The van der Waals surface area contributed by atoms with Crippen molar-refractivity contribution in [3.05, 3.63) is 71.1 Å². The van der Waals surface area contributed by atoms with Gasteiger partial charge < -0.3 is 9.15 Å². The van der Waals surface area contributed by atoms with E-state index >= 15 is 0 Å². The maximum absolute atomic E-state index is 12.5. The fraction of sp³-hybridized carbons (Fsp3) is 0. The zero-order valence-electron chi connectivity index (χ0n) is 10.9. The Hall–Kier alpha value is -3.10. The van der Waals surface area contributed by atoms with E-state index in [2.05, 4.69) is 0 Å². The van der Waals surface area contributed by atoms with Crippen molar-refractivity contribution in [3.63, 3.8) is 0 Å². The van der Waals surface area contributed by atoms with Crippen molar-refractivity contribution < 1.29 is 13.9 Å². The molecule has 0 aliphatic rings. The Morgan fingerprint density at radius 1 is 1.00 bits per heavy atom. The molecule has 0 spiro atoms. The van der Waals surface area contributed by atoms with Crippen molar-refractivity contribution in [2.45, 2.75) is 0 Å². The molecule has 2 aromatic carbocycles. The first-order valence-corrected chi connectivity index (χ1v) is 6.28. The van der Waals surface area contributed by atoms with Gasteiger partial charge in [-0.05, 0) is 12.1 Å². The van der Waals surface area contributed by atoms with Gasteiger partial charge in [0.2, 0.25) is 11.2 Å². The molecule has 0 atom stereocenters. The van der Waals surface area contributed by atoms with Crippen LogP contribution in [0.2, 0.25) is 0 Å². The van der Waals surface area contributed by atoms with Gasteiger partial charge in [-0.15, -0.1) is 0 Å². The molecule has 21 heavy (non-hydrogen) atoms. The van der Waals surface area contributed by atoms with Gasteiger partial charge in [0, 0.05) is 5.56 Å². The second-order valence-corrected chi connectivity index (χ2v) is 4.31. The zero-order valence-corrected chi connectivity index (χ0v) is 10.9. The molecule has 102 valence electrons. The molecule has 0 saturated carbocycles. The molecule has 0 radical (unpaired) electrons. The Bertz CT molecular complexity index is 888. The highest BCUT2D eigenvalue weighted by atomic mass is 16.5. The maximum atomic E-state index is 12.5. The monoisotopic (exact) mass is 278 g/mol. The highest BCUT2D eigenvalue weighted by Crippen LogP contribution is 2.30. The van der Waals surface area contributed by atoms with E-state index in [1.165, 1.54) is 5.94 Å². The van der Waals surface area contributed by atoms with Crippen molar-refractivity contribution in [1.29, 1.82) is 0 Å². The van der Waals surface area contributed by atoms with Crippen LogP contribution in [0.25, 0.3) is 22.3 Å². The molecule has 1 aromatic heterocycles. The van der Waals surface area contributed by atoms with Gasteiger partial charge in [-0.3, -0.25) is 4.79 Å². The number of hydrogen-bond donors (Lipinski definition) is 0. The van der Waals surface area contributed by atoms with Crippen LogP contribution in [0.15, 0.2) is 70.1 Å². The molecule has 0 aliphatic carbocycles. The molecular weight excluding hydrogens is 268 g/mol. The van der Waals surface area contributed by atoms with Gasteiger partial charge >= 0.3 is 0 Å². The topological polar surface area (TPSA) is 56.5 Å². The standard InChI is InChI=1S/C17H10O4/c18-10-11-20-17-15(19)13-8-4-5-9-14(13)21-16(17)12-6-2-1-3-7-12/h1-9,11H. The van der Waals surface area contributed by atoms with Gasteiger partial charge in [-0.25, -0.2) is 4.79 Å². The van der Waals surface area contributed by atoms with Crippen molar-refractivity contribution in [3.8, 4) is 17.1 Å². The second-order valence-electron chi connectivity index (χ2n) is 4.31. The lowest BCUT2D eigenvalue weighted by Crippen LogP contribution is -2.07. The highest BCUT2D eigenvalue weighted by Gasteiger charge is 2.16. The smallest absolute Gasteiger partial charge is 0.235 e. The van der Waals surface area contributed by atoms with Crippen LogP contribution in [-0.2, 0) is 4.79 Å². The molecule has 0 fully saturated rings. The molecule has 3 rings (SSSR count). The van der Waals surface area contributed by atoms with Gasteiger partial charge in [-0.2, -0.15) is 0 Å². The lowest BCUT2D eigenvalue weighted by atomic mass is 10.1. The van der Waals surface area contributed by atoms with Gasteiger partial charge in [-0.1, -0.05) is 42.5 Å². The van der Waals surface area contributed by atoms with E-state index < -0.39 is 0 Å². The van der Waals surface area contributed by atoms with Gasteiger partial charge in [0.25, 0.3) is 0 Å². The summed E-state index contributed by atoms with van der Waals surface area (Å²) in [6.45, 7) is 0. The summed E-state index contributed by atoms with van der Waals surface area (Å²) in [4.78, 5) is 22.9. The van der Waals surface area contributed by atoms with E-state index in [0.717, 1.165) is 6.26 Å². The quantitative estimate of drug-likeness (QED) is 0.545. The minimum Gasteiger partial charge on any atom is -0.452 e. The van der Waals surface area contributed by atoms with E-state index in [4.69, 9.17) is 9.15 Å². The predicted molar refractivity (Wildman–Crippen MR) is 78.8 cm³/mol. The Morgan fingerprint density at radius 2 is 1.71 bits per heavy atom. The first-order chi connectivity index (χ1) is 10.3. The molecule has 4 nitrogen and oxygen atoms in total. The lowest BCUT2D eigenvalue weighted by Gasteiger charge is -2.08. The Morgan fingerprint density at radius 3 is 2.48 bits per heavy atom. The van der Waals surface area contributed by atoms with Gasteiger partial charge in [0.1, 0.15) is 5.58 Å². The van der Waals surface area contributed by atoms with Crippen molar-refractivity contribution in [2.75, 3.05) is 0 Å². The minimum absolute atomic E-state index is 0.0248. The summed E-state index contributed by atoms with van der Waals surface area (Å²) in [5, 5.41) is 0.395. The Balaban J connectivity index is 2.36. The number of carbonyl (C=O) groups excluding carboxylic acids is 1. The summed E-state index contributed by atoms with van der Waals surface area (Å²) in [7, 11) is 0. The van der Waals surface area contributed by atoms with Crippen LogP contribution in [-0.4, -0.2) is 5.94 Å². The van der Waals surface area contributed by atoms with Crippen LogP contribution in [0.3, 0.4) is 0 Å². The van der Waals surface area contributed by atoms with Crippen molar-refractivity contribution in [2.24, 2.45) is 0 Å². The summed E-state index contributed by atoms with van der Waals surface area (Å²) in [6, 6.07) is 16.0. The molecule has 0 amide bonds. The molecular formula is C17H10O4. The third kappa shape index (κ3) is 2.36. The average Bonchev–Trinajstić information content (AvgIpc) is 2.55. The van der Waals surface area contributed by atoms with E-state index in [1.54, 1.807) is 36.4 Å². The molecule has 0 aliphatic heterocycles. The zero-order chi connectivity index (χ0) is 14.7. The number of ether oxygens (including phenoxy) is 1. The van der Waals surface area contributed by atoms with Crippen LogP contribution in [0.5, 0.6) is 5.75 Å². The van der Waals surface area contributed by atoms with Crippen LogP contribution in [0.4, 0.5) is 0 Å². The summed E-state index contributed by atoms with van der Waals surface area (Å²) < 4.78 is 10.9. The van der Waals surface area contributed by atoms with Crippen LogP contribution in [0.1, 0.15) is 0 Å². The normalized spacial score (nSPS) is 10.1. The third-order valence-electron chi connectivity index (χ3n) is 3.02. The number of benzene rings is 2. The minimum atomic E-state index is -0.331. The Kier molecular flexibility index (Phi) is 3.37. The predicted octanol–water partition coefficient (Wildman–Crippen LogP) is 3.18. The van der Waals surface area contributed by atoms with E-state index in [0.29, 0.717) is 16.5 Å². The SMILES string of the molecule is O=C=COc1c(-c2ccccc2)oc2ccccc2c1=O. The van der Waals surface area contributed by atoms with Crippen molar-refractivity contribution in [1.82, 2.24) is 0 Å². The number of hydrogen-bond acceptors (Lipinski definition) is 4. The molecule has 3 aromatic rings. The first-order valence-electron chi connectivity index (χ1n) is 6.28. The fourth-order valence-corrected chi connectivity index (χ4v) is 2.09. The second kappa shape index (κ2) is 5.49. The van der Waals surface area contributed by atoms with Crippen molar-refractivity contribution >= 4 is 16.9 Å². The lowest BCUT2D eigenvalue weighted by molar-refractivity contribution is 0.454. The third-order valence-corrected chi connectivity index (χ3v) is 3.02. The van der Waals surface area contributed by atoms with E-state index in [9.17, 15) is 9.59 Å². The van der Waals surface area contributed by atoms with Crippen LogP contribution >= 0.6 is 0 Å². The summed E-state index contributed by atoms with van der Waals surface area (Å²) in [5.74, 6) is 1.75. The van der Waals surface area contributed by atoms with Crippen LogP contribution in [0, 0.1) is 0 Å². The van der Waals surface area contributed by atoms with E-state index in [1.807, 2.05) is 18.2 Å². The summed E-state index contributed by atoms with van der Waals surface area (Å²) in [5.41, 5.74) is 0.820. The summed E-state index contributed by atoms with van der Waals surface area (Å²) >= 11 is 0. The number of rotatable bonds is 3. The molecule has 0 saturated heterocycles. The van der Waals surface area contributed by atoms with E-state index in [-0.39, 0.29) is 16.9 Å². The largest absolute Gasteiger partial charge is 0.452 e. The van der Waals surface area contributed by atoms with Gasteiger partial charge in [0.05, 0.1) is 5.39 Å². The average molecular weight is 278 g/mol. The molecule has 1 heterocycles. The molecule has 0 N–H and O–H groups in total.